The van der Waals surface area contributed by atoms with E-state index in [1.807, 2.05) is 0 Å². The van der Waals surface area contributed by atoms with E-state index in [0.717, 1.165) is 0 Å². The number of amides is 2. The molecule has 0 radical (unpaired) electrons. The predicted molar refractivity (Wildman–Crippen MR) is 103 cm³/mol. The second-order valence-corrected chi connectivity index (χ2v) is 6.61. The van der Waals surface area contributed by atoms with Gasteiger partial charge in [0.05, 0.1) is 25.2 Å². The SMILES string of the molecule is O=C(C[C@@H]1C=C[C@@H](NC(=O)c2ccccn2)[C@@H](CO)O1)NCc1cccc(F)c1. The minimum Gasteiger partial charge on any atom is -0.394 e. The number of ether oxygens (including phenoxy) is 1. The van der Waals surface area contributed by atoms with Gasteiger partial charge in [0.25, 0.3) is 5.91 Å². The molecule has 2 aromatic rings. The summed E-state index contributed by atoms with van der Waals surface area (Å²) < 4.78 is 18.9. The fourth-order valence-electron chi connectivity index (χ4n) is 2.96. The zero-order chi connectivity index (χ0) is 20.6. The third-order valence-electron chi connectivity index (χ3n) is 4.42. The number of nitrogens with one attached hydrogen (secondary N) is 2. The Labute approximate surface area is 167 Å². The Morgan fingerprint density at radius 1 is 1.17 bits per heavy atom. The Kier molecular flexibility index (Phi) is 7.04. The van der Waals surface area contributed by atoms with Crippen LogP contribution in [0, 0.1) is 5.82 Å². The fraction of sp³-hybridized carbons (Fsp3) is 0.286. The normalized spacial score (nSPS) is 20.8. The van der Waals surface area contributed by atoms with E-state index in [9.17, 15) is 19.1 Å². The Morgan fingerprint density at radius 2 is 2.03 bits per heavy atom. The summed E-state index contributed by atoms with van der Waals surface area (Å²) in [5.41, 5.74) is 0.917. The van der Waals surface area contributed by atoms with E-state index in [4.69, 9.17) is 4.74 Å². The van der Waals surface area contributed by atoms with Crippen molar-refractivity contribution in [3.63, 3.8) is 0 Å². The zero-order valence-corrected chi connectivity index (χ0v) is 15.6. The highest BCUT2D eigenvalue weighted by Gasteiger charge is 2.29. The first-order chi connectivity index (χ1) is 14.0. The van der Waals surface area contributed by atoms with E-state index >= 15 is 0 Å². The third-order valence-corrected chi connectivity index (χ3v) is 4.42. The van der Waals surface area contributed by atoms with Crippen LogP contribution < -0.4 is 10.6 Å². The molecule has 152 valence electrons. The maximum Gasteiger partial charge on any atom is 0.270 e. The number of hydrogen-bond acceptors (Lipinski definition) is 5. The highest BCUT2D eigenvalue weighted by atomic mass is 19.1. The number of aliphatic hydroxyl groups excluding tert-OH is 1. The number of carbonyl (C=O) groups is 2. The standard InChI is InChI=1S/C21H22FN3O4/c22-15-5-3-4-14(10-15)12-24-20(27)11-16-7-8-17(19(13-26)29-16)25-21(28)18-6-1-2-9-23-18/h1-10,16-17,19,26H,11-13H2,(H,24,27)(H,25,28)/t16-,17+,19+/m0/s1. The Morgan fingerprint density at radius 3 is 2.76 bits per heavy atom. The van der Waals surface area contributed by atoms with Crippen molar-refractivity contribution in [2.45, 2.75) is 31.2 Å². The van der Waals surface area contributed by atoms with Gasteiger partial charge in [0.2, 0.25) is 5.91 Å². The number of hydrogen-bond donors (Lipinski definition) is 3. The number of aromatic nitrogens is 1. The maximum absolute atomic E-state index is 13.2. The summed E-state index contributed by atoms with van der Waals surface area (Å²) >= 11 is 0. The second-order valence-electron chi connectivity index (χ2n) is 6.61. The van der Waals surface area contributed by atoms with Crippen LogP contribution >= 0.6 is 0 Å². The second kappa shape index (κ2) is 9.90. The molecule has 1 aliphatic heterocycles. The largest absolute Gasteiger partial charge is 0.394 e. The van der Waals surface area contributed by atoms with E-state index in [1.54, 1.807) is 42.5 Å². The molecule has 0 unspecified atom stereocenters. The van der Waals surface area contributed by atoms with Gasteiger partial charge in [-0.2, -0.15) is 0 Å². The zero-order valence-electron chi connectivity index (χ0n) is 15.6. The van der Waals surface area contributed by atoms with E-state index < -0.39 is 18.2 Å². The van der Waals surface area contributed by atoms with Gasteiger partial charge in [-0.15, -0.1) is 0 Å². The van der Waals surface area contributed by atoms with Crippen LogP contribution in [0.5, 0.6) is 0 Å². The molecule has 0 spiro atoms. The van der Waals surface area contributed by atoms with Gasteiger partial charge >= 0.3 is 0 Å². The molecule has 3 atom stereocenters. The van der Waals surface area contributed by atoms with E-state index in [-0.39, 0.29) is 42.9 Å². The Hall–Kier alpha value is -3.10. The lowest BCUT2D eigenvalue weighted by Gasteiger charge is -2.31. The highest BCUT2D eigenvalue weighted by Crippen LogP contribution is 2.16. The molecule has 0 saturated carbocycles. The van der Waals surface area contributed by atoms with Crippen molar-refractivity contribution in [2.75, 3.05) is 6.61 Å². The molecule has 8 heteroatoms. The summed E-state index contributed by atoms with van der Waals surface area (Å²) in [5.74, 6) is -1.01. The molecular formula is C21H22FN3O4. The van der Waals surface area contributed by atoms with Crippen LogP contribution in [0.2, 0.25) is 0 Å². The first-order valence-electron chi connectivity index (χ1n) is 9.23. The smallest absolute Gasteiger partial charge is 0.270 e. The molecule has 0 bridgehead atoms. The van der Waals surface area contributed by atoms with Crippen LogP contribution in [0.25, 0.3) is 0 Å². The van der Waals surface area contributed by atoms with E-state index in [0.29, 0.717) is 5.56 Å². The van der Waals surface area contributed by atoms with Crippen LogP contribution in [0.1, 0.15) is 22.5 Å². The number of aliphatic hydroxyl groups is 1. The Balaban J connectivity index is 1.52. The number of rotatable bonds is 7. The van der Waals surface area contributed by atoms with Crippen LogP contribution in [-0.4, -0.2) is 46.8 Å². The molecule has 29 heavy (non-hydrogen) atoms. The van der Waals surface area contributed by atoms with Crippen LogP contribution in [0.4, 0.5) is 4.39 Å². The molecule has 3 N–H and O–H groups in total. The van der Waals surface area contributed by atoms with Crippen molar-refractivity contribution in [3.05, 3.63) is 77.9 Å². The van der Waals surface area contributed by atoms with Gasteiger partial charge in [-0.25, -0.2) is 4.39 Å². The molecule has 1 aromatic heterocycles. The van der Waals surface area contributed by atoms with Crippen molar-refractivity contribution >= 4 is 11.8 Å². The van der Waals surface area contributed by atoms with Crippen LogP contribution in [0.15, 0.2) is 60.8 Å². The topological polar surface area (TPSA) is 101 Å². The molecule has 2 heterocycles. The first-order valence-corrected chi connectivity index (χ1v) is 9.23. The van der Waals surface area contributed by atoms with E-state index in [1.165, 1.54) is 18.3 Å². The van der Waals surface area contributed by atoms with Gasteiger partial charge in [0, 0.05) is 12.7 Å². The number of nitrogens with zero attached hydrogens (tertiary/aromatic N) is 1. The van der Waals surface area contributed by atoms with E-state index in [2.05, 4.69) is 15.6 Å². The molecule has 0 fully saturated rings. The molecule has 1 aromatic carbocycles. The van der Waals surface area contributed by atoms with Crippen LogP contribution in [0.3, 0.4) is 0 Å². The number of benzene rings is 1. The average molecular weight is 399 g/mol. The lowest BCUT2D eigenvalue weighted by Crippen LogP contribution is -2.49. The molecule has 7 nitrogen and oxygen atoms in total. The summed E-state index contributed by atoms with van der Waals surface area (Å²) in [4.78, 5) is 28.4. The quantitative estimate of drug-likeness (QED) is 0.610. The summed E-state index contributed by atoms with van der Waals surface area (Å²) in [6.07, 6.45) is 3.72. The molecule has 3 rings (SSSR count). The molecular weight excluding hydrogens is 377 g/mol. The van der Waals surface area contributed by atoms with Gasteiger partial charge in [-0.3, -0.25) is 14.6 Å². The monoisotopic (exact) mass is 399 g/mol. The van der Waals surface area contributed by atoms with Crippen molar-refractivity contribution < 1.29 is 23.8 Å². The number of carbonyl (C=O) groups excluding carboxylic acids is 2. The average Bonchev–Trinajstić information content (AvgIpc) is 2.74. The third kappa shape index (κ3) is 5.94. The summed E-state index contributed by atoms with van der Waals surface area (Å²) in [6, 6.07) is 10.4. The minimum absolute atomic E-state index is 0.0449. The van der Waals surface area contributed by atoms with Gasteiger partial charge in [-0.1, -0.05) is 30.4 Å². The molecule has 0 aliphatic carbocycles. The Bertz CT molecular complexity index is 875. The molecule has 0 saturated heterocycles. The van der Waals surface area contributed by atoms with Crippen molar-refractivity contribution in [1.29, 1.82) is 0 Å². The summed E-state index contributed by atoms with van der Waals surface area (Å²) in [5, 5.41) is 15.1. The molecule has 1 aliphatic rings. The highest BCUT2D eigenvalue weighted by molar-refractivity contribution is 5.92. The van der Waals surface area contributed by atoms with Crippen molar-refractivity contribution in [1.82, 2.24) is 15.6 Å². The fourth-order valence-corrected chi connectivity index (χ4v) is 2.96. The lowest BCUT2D eigenvalue weighted by molar-refractivity contribution is -0.125. The molecule has 2 amide bonds. The van der Waals surface area contributed by atoms with Crippen LogP contribution in [-0.2, 0) is 16.1 Å². The van der Waals surface area contributed by atoms with Gasteiger partial charge in [0.15, 0.2) is 0 Å². The van der Waals surface area contributed by atoms with Gasteiger partial charge in [0.1, 0.15) is 17.6 Å². The lowest BCUT2D eigenvalue weighted by atomic mass is 10.0. The summed E-state index contributed by atoms with van der Waals surface area (Å²) in [7, 11) is 0. The summed E-state index contributed by atoms with van der Waals surface area (Å²) in [6.45, 7) is -0.113. The van der Waals surface area contributed by atoms with Gasteiger partial charge in [-0.05, 0) is 29.8 Å². The van der Waals surface area contributed by atoms with Crippen molar-refractivity contribution in [2.24, 2.45) is 0 Å². The first kappa shape index (κ1) is 20.6. The minimum atomic E-state index is -0.686. The number of pyridine rings is 1. The maximum atomic E-state index is 13.2. The van der Waals surface area contributed by atoms with Crippen molar-refractivity contribution in [3.8, 4) is 0 Å². The van der Waals surface area contributed by atoms with Gasteiger partial charge < -0.3 is 20.5 Å². The number of halogens is 1. The predicted octanol–water partition coefficient (Wildman–Crippen LogP) is 1.34.